The number of nitrogens with zero attached hydrogens (tertiary/aromatic N) is 1. The lowest BCUT2D eigenvalue weighted by molar-refractivity contribution is 0.145. The molecular formula is C6H10INO2. The number of rotatable bonds is 0. The predicted molar refractivity (Wildman–Crippen MR) is 46.4 cm³/mol. The molecule has 0 aromatic carbocycles. The minimum Gasteiger partial charge on any atom is -0.380 e. The Hall–Kier alpha value is 0.160. The van der Waals surface area contributed by atoms with Crippen molar-refractivity contribution in [3.8, 4) is 0 Å². The summed E-state index contributed by atoms with van der Waals surface area (Å²) in [5.74, 6) is 0. The summed E-state index contributed by atoms with van der Waals surface area (Å²) in [6, 6.07) is 0. The second-order valence-corrected chi connectivity index (χ2v) is 3.13. The van der Waals surface area contributed by atoms with Crippen molar-refractivity contribution in [1.82, 2.24) is 4.90 Å². The van der Waals surface area contributed by atoms with Crippen LogP contribution in [0.25, 0.3) is 0 Å². The van der Waals surface area contributed by atoms with Crippen LogP contribution in [0.5, 0.6) is 0 Å². The van der Waals surface area contributed by atoms with E-state index in [0.717, 1.165) is 26.1 Å². The van der Waals surface area contributed by atoms with Crippen LogP contribution in [-0.2, 0) is 4.74 Å². The van der Waals surface area contributed by atoms with Crippen LogP contribution in [0, 0.1) is 0 Å². The fourth-order valence-corrected chi connectivity index (χ4v) is 1.40. The van der Waals surface area contributed by atoms with Crippen molar-refractivity contribution in [3.05, 3.63) is 0 Å². The van der Waals surface area contributed by atoms with Crippen LogP contribution in [0.15, 0.2) is 0 Å². The summed E-state index contributed by atoms with van der Waals surface area (Å²) in [5.41, 5.74) is 0. The molecule has 1 rings (SSSR count). The number of halogens is 1. The zero-order valence-electron chi connectivity index (χ0n) is 5.68. The smallest absolute Gasteiger partial charge is 0.283 e. The minimum absolute atomic E-state index is 0.128. The number of carbonyl (C=O) groups is 1. The Kier molecular flexibility index (Phi) is 3.41. The zero-order valence-corrected chi connectivity index (χ0v) is 7.83. The molecule has 3 nitrogen and oxygen atoms in total. The molecule has 58 valence electrons. The molecule has 1 fully saturated rings. The first-order valence-corrected chi connectivity index (χ1v) is 4.41. The Balaban J connectivity index is 2.35. The van der Waals surface area contributed by atoms with E-state index in [-0.39, 0.29) is 3.91 Å². The van der Waals surface area contributed by atoms with Crippen molar-refractivity contribution in [2.75, 3.05) is 26.3 Å². The summed E-state index contributed by atoms with van der Waals surface area (Å²) in [4.78, 5) is 12.6. The fourth-order valence-electron chi connectivity index (χ4n) is 0.922. The van der Waals surface area contributed by atoms with Gasteiger partial charge in [-0.05, 0) is 6.42 Å². The summed E-state index contributed by atoms with van der Waals surface area (Å²) in [6.07, 6.45) is 0.967. The Bertz CT molecular complexity index is 121. The van der Waals surface area contributed by atoms with Gasteiger partial charge in [-0.2, -0.15) is 0 Å². The normalized spacial score (nSPS) is 20.3. The molecule has 0 radical (unpaired) electrons. The van der Waals surface area contributed by atoms with Crippen LogP contribution in [0.3, 0.4) is 0 Å². The maximum Gasteiger partial charge on any atom is 0.283 e. The second-order valence-electron chi connectivity index (χ2n) is 2.21. The van der Waals surface area contributed by atoms with E-state index in [1.807, 2.05) is 27.5 Å². The minimum atomic E-state index is 0.128. The lowest BCUT2D eigenvalue weighted by atomic mass is 10.4. The van der Waals surface area contributed by atoms with Crippen molar-refractivity contribution in [2.24, 2.45) is 0 Å². The molecule has 0 N–H and O–H groups in total. The molecule has 1 heterocycles. The number of ether oxygens (including phenoxy) is 1. The van der Waals surface area contributed by atoms with Gasteiger partial charge < -0.3 is 9.64 Å². The molecule has 0 atom stereocenters. The van der Waals surface area contributed by atoms with E-state index in [2.05, 4.69) is 0 Å². The topological polar surface area (TPSA) is 29.5 Å². The number of hydrogen-bond acceptors (Lipinski definition) is 2. The number of amides is 1. The summed E-state index contributed by atoms with van der Waals surface area (Å²) in [6.45, 7) is 3.08. The summed E-state index contributed by atoms with van der Waals surface area (Å²) in [7, 11) is 0. The standard InChI is InChI=1S/C6H10INO2/c7-6(9)8-2-1-4-10-5-3-8/h1-5H2. The van der Waals surface area contributed by atoms with Gasteiger partial charge in [0.25, 0.3) is 3.91 Å². The monoisotopic (exact) mass is 255 g/mol. The van der Waals surface area contributed by atoms with Crippen LogP contribution in [0.2, 0.25) is 0 Å². The molecule has 10 heavy (non-hydrogen) atoms. The third kappa shape index (κ3) is 2.42. The van der Waals surface area contributed by atoms with E-state index in [4.69, 9.17) is 4.74 Å². The van der Waals surface area contributed by atoms with E-state index in [9.17, 15) is 4.79 Å². The average Bonchev–Trinajstić information content (AvgIpc) is 2.12. The van der Waals surface area contributed by atoms with E-state index in [1.54, 1.807) is 0 Å². The highest BCUT2D eigenvalue weighted by Gasteiger charge is 2.11. The van der Waals surface area contributed by atoms with Crippen LogP contribution in [0.4, 0.5) is 4.79 Å². The van der Waals surface area contributed by atoms with Gasteiger partial charge in [-0.1, -0.05) is 0 Å². The Morgan fingerprint density at radius 1 is 1.40 bits per heavy atom. The van der Waals surface area contributed by atoms with Crippen LogP contribution >= 0.6 is 22.6 Å². The molecule has 1 aliphatic heterocycles. The van der Waals surface area contributed by atoms with E-state index in [1.165, 1.54) is 0 Å². The van der Waals surface area contributed by atoms with Crippen LogP contribution < -0.4 is 0 Å². The Morgan fingerprint density at radius 2 is 2.20 bits per heavy atom. The van der Waals surface area contributed by atoms with E-state index in [0.29, 0.717) is 6.61 Å². The highest BCUT2D eigenvalue weighted by molar-refractivity contribution is 14.1. The molecule has 4 heteroatoms. The third-order valence-electron chi connectivity index (χ3n) is 1.47. The van der Waals surface area contributed by atoms with Crippen molar-refractivity contribution in [3.63, 3.8) is 0 Å². The van der Waals surface area contributed by atoms with Gasteiger partial charge in [0.2, 0.25) is 0 Å². The lowest BCUT2D eigenvalue weighted by Crippen LogP contribution is -2.28. The molecule has 1 saturated heterocycles. The Morgan fingerprint density at radius 3 is 2.90 bits per heavy atom. The second kappa shape index (κ2) is 4.12. The summed E-state index contributed by atoms with van der Waals surface area (Å²) in [5, 5.41) is 0. The van der Waals surface area contributed by atoms with Crippen LogP contribution in [-0.4, -0.2) is 35.1 Å². The first-order valence-electron chi connectivity index (χ1n) is 3.33. The maximum absolute atomic E-state index is 10.8. The van der Waals surface area contributed by atoms with Crippen molar-refractivity contribution >= 4 is 26.5 Å². The van der Waals surface area contributed by atoms with Crippen molar-refractivity contribution < 1.29 is 9.53 Å². The molecular weight excluding hydrogens is 245 g/mol. The third-order valence-corrected chi connectivity index (χ3v) is 2.15. The molecule has 0 aromatic rings. The van der Waals surface area contributed by atoms with E-state index >= 15 is 0 Å². The Labute approximate surface area is 73.9 Å². The maximum atomic E-state index is 10.8. The molecule has 0 bridgehead atoms. The highest BCUT2D eigenvalue weighted by Crippen LogP contribution is 2.03. The van der Waals surface area contributed by atoms with Gasteiger partial charge in [-0.15, -0.1) is 0 Å². The largest absolute Gasteiger partial charge is 0.380 e. The summed E-state index contributed by atoms with van der Waals surface area (Å²) < 4.78 is 5.31. The molecule has 0 spiro atoms. The molecule has 1 amide bonds. The van der Waals surface area contributed by atoms with Crippen molar-refractivity contribution in [1.29, 1.82) is 0 Å². The lowest BCUT2D eigenvalue weighted by Gasteiger charge is -2.14. The molecule has 1 aliphatic rings. The quantitative estimate of drug-likeness (QED) is 0.370. The van der Waals surface area contributed by atoms with Crippen LogP contribution in [0.1, 0.15) is 6.42 Å². The van der Waals surface area contributed by atoms with Gasteiger partial charge in [0, 0.05) is 42.3 Å². The first-order chi connectivity index (χ1) is 4.80. The molecule has 0 aliphatic carbocycles. The fraction of sp³-hybridized carbons (Fsp3) is 0.833. The molecule has 0 unspecified atom stereocenters. The highest BCUT2D eigenvalue weighted by atomic mass is 127. The van der Waals surface area contributed by atoms with Crippen molar-refractivity contribution in [2.45, 2.75) is 6.42 Å². The van der Waals surface area contributed by atoms with Gasteiger partial charge in [-0.25, -0.2) is 0 Å². The SMILES string of the molecule is O=C(I)N1CCCOCC1. The van der Waals surface area contributed by atoms with Gasteiger partial charge in [0.05, 0.1) is 6.61 Å². The number of carbonyl (C=O) groups excluding carboxylic acids is 1. The van der Waals surface area contributed by atoms with Gasteiger partial charge in [0.15, 0.2) is 0 Å². The number of hydrogen-bond donors (Lipinski definition) is 0. The van der Waals surface area contributed by atoms with Gasteiger partial charge in [0.1, 0.15) is 0 Å². The summed E-state index contributed by atoms with van der Waals surface area (Å²) >= 11 is 1.81. The van der Waals surface area contributed by atoms with Gasteiger partial charge in [-0.3, -0.25) is 4.79 Å². The zero-order chi connectivity index (χ0) is 7.40. The van der Waals surface area contributed by atoms with E-state index < -0.39 is 0 Å². The average molecular weight is 255 g/mol. The predicted octanol–water partition coefficient (Wildman–Crippen LogP) is 1.26. The molecule has 0 saturated carbocycles. The van der Waals surface area contributed by atoms with Gasteiger partial charge >= 0.3 is 0 Å². The molecule has 0 aromatic heterocycles. The first kappa shape index (κ1) is 8.26.